The number of anilines is 1. The van der Waals surface area contributed by atoms with Crippen LogP contribution < -0.4 is 11.1 Å². The summed E-state index contributed by atoms with van der Waals surface area (Å²) in [5.74, 6) is 0.661. The van der Waals surface area contributed by atoms with Gasteiger partial charge in [0.25, 0.3) is 0 Å². The Labute approximate surface area is 81.8 Å². The van der Waals surface area contributed by atoms with E-state index in [1.54, 1.807) is 6.20 Å². The molecule has 13 heavy (non-hydrogen) atoms. The highest BCUT2D eigenvalue weighted by Crippen LogP contribution is 2.05. The van der Waals surface area contributed by atoms with Crippen molar-refractivity contribution in [3.8, 4) is 0 Å². The summed E-state index contributed by atoms with van der Waals surface area (Å²) in [5.41, 5.74) is 5.27. The lowest BCUT2D eigenvalue weighted by molar-refractivity contribution is 1.15. The minimum atomic E-state index is 0.382. The van der Waals surface area contributed by atoms with Gasteiger partial charge in [-0.15, -0.1) is 0 Å². The minimum Gasteiger partial charge on any atom is -0.365 e. The van der Waals surface area contributed by atoms with E-state index in [1.807, 2.05) is 12.2 Å². The summed E-state index contributed by atoms with van der Waals surface area (Å²) in [6.45, 7) is 1.22. The molecule has 0 saturated carbocycles. The fraction of sp³-hybridized carbons (Fsp3) is 0.250. The first-order chi connectivity index (χ1) is 6.33. The van der Waals surface area contributed by atoms with Crippen LogP contribution in [-0.2, 0) is 0 Å². The van der Waals surface area contributed by atoms with Crippen molar-refractivity contribution in [1.29, 1.82) is 0 Å². The Kier molecular flexibility index (Phi) is 4.21. The fourth-order valence-electron chi connectivity index (χ4n) is 0.770. The van der Waals surface area contributed by atoms with Gasteiger partial charge in [-0.3, -0.25) is 4.98 Å². The molecule has 0 spiro atoms. The maximum atomic E-state index is 5.63. The smallest absolute Gasteiger partial charge is 0.149 e. The molecule has 0 fully saturated rings. The van der Waals surface area contributed by atoms with Crippen molar-refractivity contribution >= 4 is 17.4 Å². The fourth-order valence-corrected chi connectivity index (χ4v) is 0.918. The Morgan fingerprint density at radius 3 is 3.00 bits per heavy atom. The summed E-state index contributed by atoms with van der Waals surface area (Å²) in [6.07, 6.45) is 6.89. The summed E-state index contributed by atoms with van der Waals surface area (Å²) in [7, 11) is 0. The molecule has 70 valence electrons. The lowest BCUT2D eigenvalue weighted by Gasteiger charge is -2.00. The summed E-state index contributed by atoms with van der Waals surface area (Å²) in [6, 6.07) is 0. The second-order valence-corrected chi connectivity index (χ2v) is 2.70. The van der Waals surface area contributed by atoms with E-state index in [1.165, 1.54) is 6.20 Å². The molecule has 0 aliphatic rings. The largest absolute Gasteiger partial charge is 0.365 e. The zero-order valence-corrected chi connectivity index (χ0v) is 7.83. The Hall–Kier alpha value is -1.13. The molecule has 0 aliphatic carbocycles. The SMILES string of the molecule is NC/C=C/CNc1cncc(Cl)n1. The third kappa shape index (κ3) is 3.87. The monoisotopic (exact) mass is 198 g/mol. The van der Waals surface area contributed by atoms with Crippen LogP contribution in [0.4, 0.5) is 5.82 Å². The summed E-state index contributed by atoms with van der Waals surface area (Å²) in [4.78, 5) is 7.87. The standard InChI is InChI=1S/C8H11ClN4/c9-7-5-11-6-8(13-7)12-4-2-1-3-10/h1-2,5-6H,3-4,10H2,(H,12,13)/b2-1+. The maximum Gasteiger partial charge on any atom is 0.149 e. The van der Waals surface area contributed by atoms with Gasteiger partial charge in [0.2, 0.25) is 0 Å². The molecular formula is C8H11ClN4. The second-order valence-electron chi connectivity index (χ2n) is 2.32. The van der Waals surface area contributed by atoms with Crippen molar-refractivity contribution in [3.05, 3.63) is 29.7 Å². The van der Waals surface area contributed by atoms with Crippen LogP contribution in [0.2, 0.25) is 5.15 Å². The van der Waals surface area contributed by atoms with Gasteiger partial charge in [0, 0.05) is 13.1 Å². The molecule has 1 aromatic rings. The minimum absolute atomic E-state index is 0.382. The summed E-state index contributed by atoms with van der Waals surface area (Å²) < 4.78 is 0. The molecule has 0 saturated heterocycles. The van der Waals surface area contributed by atoms with Crippen molar-refractivity contribution in [2.75, 3.05) is 18.4 Å². The van der Waals surface area contributed by atoms with Crippen molar-refractivity contribution in [1.82, 2.24) is 9.97 Å². The summed E-state index contributed by atoms with van der Waals surface area (Å²) in [5, 5.41) is 3.40. The van der Waals surface area contributed by atoms with Crippen LogP contribution in [0.25, 0.3) is 0 Å². The molecule has 0 atom stereocenters. The molecule has 5 heteroatoms. The number of nitrogens with two attached hydrogens (primary N) is 1. The zero-order valence-electron chi connectivity index (χ0n) is 7.07. The van der Waals surface area contributed by atoms with Gasteiger partial charge in [-0.2, -0.15) is 0 Å². The van der Waals surface area contributed by atoms with Gasteiger partial charge < -0.3 is 11.1 Å². The van der Waals surface area contributed by atoms with E-state index in [9.17, 15) is 0 Å². The predicted molar refractivity (Wildman–Crippen MR) is 53.7 cm³/mol. The highest BCUT2D eigenvalue weighted by atomic mass is 35.5. The van der Waals surface area contributed by atoms with Crippen molar-refractivity contribution in [3.63, 3.8) is 0 Å². The predicted octanol–water partition coefficient (Wildman–Crippen LogP) is 1.06. The van der Waals surface area contributed by atoms with E-state index >= 15 is 0 Å². The first kappa shape index (κ1) is 9.95. The van der Waals surface area contributed by atoms with Crippen LogP contribution in [0.5, 0.6) is 0 Å². The van der Waals surface area contributed by atoms with E-state index in [0.29, 0.717) is 24.1 Å². The van der Waals surface area contributed by atoms with Gasteiger partial charge in [-0.05, 0) is 0 Å². The molecule has 1 aromatic heterocycles. The van der Waals surface area contributed by atoms with E-state index < -0.39 is 0 Å². The number of aromatic nitrogens is 2. The zero-order chi connectivity index (χ0) is 9.52. The topological polar surface area (TPSA) is 63.8 Å². The number of rotatable bonds is 4. The van der Waals surface area contributed by atoms with Gasteiger partial charge in [0.1, 0.15) is 11.0 Å². The highest BCUT2D eigenvalue weighted by molar-refractivity contribution is 6.29. The van der Waals surface area contributed by atoms with Crippen LogP contribution in [0.15, 0.2) is 24.5 Å². The second kappa shape index (κ2) is 5.50. The normalized spacial score (nSPS) is 10.6. The van der Waals surface area contributed by atoms with Crippen molar-refractivity contribution < 1.29 is 0 Å². The van der Waals surface area contributed by atoms with Gasteiger partial charge in [0.05, 0.1) is 12.4 Å². The summed E-state index contributed by atoms with van der Waals surface area (Å²) >= 11 is 5.63. The maximum absolute atomic E-state index is 5.63. The van der Waals surface area contributed by atoms with Crippen molar-refractivity contribution in [2.24, 2.45) is 5.73 Å². The number of halogens is 1. The van der Waals surface area contributed by atoms with Crippen LogP contribution in [0.3, 0.4) is 0 Å². The lowest BCUT2D eigenvalue weighted by atomic mass is 10.5. The highest BCUT2D eigenvalue weighted by Gasteiger charge is 1.92. The average Bonchev–Trinajstić information content (AvgIpc) is 2.13. The lowest BCUT2D eigenvalue weighted by Crippen LogP contribution is -2.02. The van der Waals surface area contributed by atoms with Crippen LogP contribution in [0.1, 0.15) is 0 Å². The quantitative estimate of drug-likeness (QED) is 0.711. The van der Waals surface area contributed by atoms with E-state index in [-0.39, 0.29) is 0 Å². The van der Waals surface area contributed by atoms with E-state index in [0.717, 1.165) is 0 Å². The van der Waals surface area contributed by atoms with E-state index in [2.05, 4.69) is 15.3 Å². The number of nitrogens with zero attached hydrogens (tertiary/aromatic N) is 2. The van der Waals surface area contributed by atoms with E-state index in [4.69, 9.17) is 17.3 Å². The van der Waals surface area contributed by atoms with Gasteiger partial charge >= 0.3 is 0 Å². The number of hydrogen-bond donors (Lipinski definition) is 2. The average molecular weight is 199 g/mol. The van der Waals surface area contributed by atoms with Crippen LogP contribution in [0, 0.1) is 0 Å². The molecule has 0 radical (unpaired) electrons. The Morgan fingerprint density at radius 1 is 1.46 bits per heavy atom. The number of hydrogen-bond acceptors (Lipinski definition) is 4. The van der Waals surface area contributed by atoms with Crippen LogP contribution >= 0.6 is 11.6 Å². The third-order valence-corrected chi connectivity index (χ3v) is 1.49. The van der Waals surface area contributed by atoms with Crippen LogP contribution in [-0.4, -0.2) is 23.1 Å². The first-order valence-corrected chi connectivity index (χ1v) is 4.27. The molecule has 0 unspecified atom stereocenters. The molecule has 0 bridgehead atoms. The number of nitrogens with one attached hydrogen (secondary N) is 1. The van der Waals surface area contributed by atoms with Gasteiger partial charge in [-0.1, -0.05) is 23.8 Å². The molecule has 1 heterocycles. The molecule has 0 aromatic carbocycles. The Balaban J connectivity index is 2.41. The first-order valence-electron chi connectivity index (χ1n) is 3.89. The molecule has 0 aliphatic heterocycles. The Morgan fingerprint density at radius 2 is 2.31 bits per heavy atom. The third-order valence-electron chi connectivity index (χ3n) is 1.31. The molecule has 0 amide bonds. The molecule has 4 nitrogen and oxygen atoms in total. The molecular weight excluding hydrogens is 188 g/mol. The molecule has 3 N–H and O–H groups in total. The molecule has 1 rings (SSSR count). The van der Waals surface area contributed by atoms with Gasteiger partial charge in [0.15, 0.2) is 0 Å². The Bertz CT molecular complexity index is 287. The van der Waals surface area contributed by atoms with Gasteiger partial charge in [-0.25, -0.2) is 4.98 Å². The van der Waals surface area contributed by atoms with Crippen molar-refractivity contribution in [2.45, 2.75) is 0 Å².